The van der Waals surface area contributed by atoms with E-state index >= 15 is 0 Å². The smallest absolute Gasteiger partial charge is 0.0946 e. The number of aryl methyl sites for hydroxylation is 1. The lowest BCUT2D eigenvalue weighted by Gasteiger charge is -2.16. The number of nitrogens with zero attached hydrogens (tertiary/aromatic N) is 2. The molecule has 19 heavy (non-hydrogen) atoms. The summed E-state index contributed by atoms with van der Waals surface area (Å²) in [5.41, 5.74) is 3.16. The van der Waals surface area contributed by atoms with Crippen molar-refractivity contribution in [1.82, 2.24) is 14.9 Å². The summed E-state index contributed by atoms with van der Waals surface area (Å²) in [6.07, 6.45) is 11.0. The van der Waals surface area contributed by atoms with E-state index in [1.165, 1.54) is 31.2 Å². The molecule has 0 unspecified atom stereocenters. The molecule has 0 aliphatic heterocycles. The van der Waals surface area contributed by atoms with E-state index in [2.05, 4.69) is 27.2 Å². The van der Waals surface area contributed by atoms with Gasteiger partial charge in [-0.25, -0.2) is 4.98 Å². The largest absolute Gasteiger partial charge is 0.336 e. The molecule has 0 radical (unpaired) electrons. The Bertz CT molecular complexity index is 515. The van der Waals surface area contributed by atoms with E-state index in [0.717, 1.165) is 13.1 Å². The van der Waals surface area contributed by atoms with Crippen LogP contribution in [0.15, 0.2) is 24.1 Å². The van der Waals surface area contributed by atoms with Crippen molar-refractivity contribution in [2.45, 2.75) is 51.7 Å². The molecule has 0 bridgehead atoms. The second-order valence-corrected chi connectivity index (χ2v) is 6.38. The molecule has 1 atom stereocenters. The molecular formula is C15H21N3S. The Morgan fingerprint density at radius 3 is 3.16 bits per heavy atom. The molecular weight excluding hydrogens is 254 g/mol. The topological polar surface area (TPSA) is 29.9 Å². The molecule has 0 saturated carbocycles. The highest BCUT2D eigenvalue weighted by Crippen LogP contribution is 2.30. The van der Waals surface area contributed by atoms with Crippen LogP contribution in [-0.2, 0) is 25.9 Å². The zero-order chi connectivity index (χ0) is 13.1. The van der Waals surface area contributed by atoms with Gasteiger partial charge in [-0.05, 0) is 49.1 Å². The van der Waals surface area contributed by atoms with E-state index in [9.17, 15) is 0 Å². The first-order valence-corrected chi connectivity index (χ1v) is 7.98. The van der Waals surface area contributed by atoms with Crippen LogP contribution in [0.3, 0.4) is 0 Å². The lowest BCUT2D eigenvalue weighted by atomic mass is 9.96. The van der Waals surface area contributed by atoms with Crippen LogP contribution in [0, 0.1) is 0 Å². The summed E-state index contributed by atoms with van der Waals surface area (Å²) in [6, 6.07) is 0.466. The molecule has 2 aromatic rings. The fourth-order valence-corrected chi connectivity index (χ4v) is 3.92. The van der Waals surface area contributed by atoms with E-state index in [4.69, 9.17) is 0 Å². The van der Waals surface area contributed by atoms with Crippen molar-refractivity contribution in [2.24, 2.45) is 0 Å². The van der Waals surface area contributed by atoms with Gasteiger partial charge in [0.25, 0.3) is 0 Å². The summed E-state index contributed by atoms with van der Waals surface area (Å²) in [6.45, 7) is 4.22. The zero-order valence-corrected chi connectivity index (χ0v) is 12.2. The summed E-state index contributed by atoms with van der Waals surface area (Å²) < 4.78 is 2.13. The second-order valence-electron chi connectivity index (χ2n) is 5.41. The lowest BCUT2D eigenvalue weighted by Crippen LogP contribution is -2.29. The minimum Gasteiger partial charge on any atom is -0.336 e. The van der Waals surface area contributed by atoms with Crippen molar-refractivity contribution >= 4 is 11.3 Å². The van der Waals surface area contributed by atoms with Crippen LogP contribution in [0.5, 0.6) is 0 Å². The number of thiophene rings is 1. The Kier molecular flexibility index (Phi) is 3.99. The molecule has 1 aliphatic carbocycles. The van der Waals surface area contributed by atoms with Crippen molar-refractivity contribution in [2.75, 3.05) is 0 Å². The quantitative estimate of drug-likeness (QED) is 0.909. The van der Waals surface area contributed by atoms with Crippen LogP contribution in [0.2, 0.25) is 0 Å². The SMILES string of the molecule is C[C@@H](Cn1ccnc1)NCc1csc2c1CCCC2. The molecule has 0 aromatic carbocycles. The Labute approximate surface area is 118 Å². The van der Waals surface area contributed by atoms with Gasteiger partial charge in [0.15, 0.2) is 0 Å². The summed E-state index contributed by atoms with van der Waals surface area (Å²) >= 11 is 1.95. The lowest BCUT2D eigenvalue weighted by molar-refractivity contribution is 0.475. The first-order chi connectivity index (χ1) is 9.33. The van der Waals surface area contributed by atoms with Gasteiger partial charge in [0, 0.05) is 36.4 Å². The standard InChI is InChI=1S/C15H21N3S/c1-12(9-18-7-6-16-11-18)17-8-13-10-19-15-5-3-2-4-14(13)15/h6-7,10-12,17H,2-5,8-9H2,1H3/t12-/m0/s1. The summed E-state index contributed by atoms with van der Waals surface area (Å²) in [5, 5.41) is 5.99. The van der Waals surface area contributed by atoms with E-state index in [1.54, 1.807) is 10.4 Å². The fraction of sp³-hybridized carbons (Fsp3) is 0.533. The average Bonchev–Trinajstić information content (AvgIpc) is 3.05. The molecule has 1 aliphatic rings. The minimum atomic E-state index is 0.466. The molecule has 102 valence electrons. The third-order valence-corrected chi connectivity index (χ3v) is 4.97. The van der Waals surface area contributed by atoms with Gasteiger partial charge < -0.3 is 9.88 Å². The summed E-state index contributed by atoms with van der Waals surface area (Å²) in [4.78, 5) is 5.71. The van der Waals surface area contributed by atoms with Gasteiger partial charge in [-0.15, -0.1) is 11.3 Å². The van der Waals surface area contributed by atoms with Gasteiger partial charge in [0.05, 0.1) is 6.33 Å². The van der Waals surface area contributed by atoms with Gasteiger partial charge >= 0.3 is 0 Å². The number of aromatic nitrogens is 2. The van der Waals surface area contributed by atoms with Crippen molar-refractivity contribution < 1.29 is 0 Å². The van der Waals surface area contributed by atoms with Crippen molar-refractivity contribution in [1.29, 1.82) is 0 Å². The molecule has 1 N–H and O–H groups in total. The van der Waals surface area contributed by atoms with E-state index in [1.807, 2.05) is 30.1 Å². The zero-order valence-electron chi connectivity index (χ0n) is 11.4. The predicted molar refractivity (Wildman–Crippen MR) is 79.5 cm³/mol. The van der Waals surface area contributed by atoms with E-state index in [0.29, 0.717) is 6.04 Å². The van der Waals surface area contributed by atoms with Crippen LogP contribution in [-0.4, -0.2) is 15.6 Å². The number of imidazole rings is 1. The number of hydrogen-bond donors (Lipinski definition) is 1. The monoisotopic (exact) mass is 275 g/mol. The number of rotatable bonds is 5. The molecule has 3 nitrogen and oxygen atoms in total. The molecule has 4 heteroatoms. The van der Waals surface area contributed by atoms with Crippen molar-refractivity contribution in [3.8, 4) is 0 Å². The Balaban J connectivity index is 1.55. The maximum atomic E-state index is 4.08. The first kappa shape index (κ1) is 12.9. The fourth-order valence-electron chi connectivity index (χ4n) is 2.77. The molecule has 0 spiro atoms. The Morgan fingerprint density at radius 2 is 2.32 bits per heavy atom. The van der Waals surface area contributed by atoms with Crippen LogP contribution >= 0.6 is 11.3 Å². The van der Waals surface area contributed by atoms with E-state index < -0.39 is 0 Å². The van der Waals surface area contributed by atoms with Crippen LogP contribution in [0.1, 0.15) is 35.8 Å². The summed E-state index contributed by atoms with van der Waals surface area (Å²) in [7, 11) is 0. The third-order valence-electron chi connectivity index (χ3n) is 3.83. The maximum absolute atomic E-state index is 4.08. The molecule has 0 saturated heterocycles. The van der Waals surface area contributed by atoms with Gasteiger partial charge in [0.1, 0.15) is 0 Å². The third kappa shape index (κ3) is 3.07. The molecule has 0 fully saturated rings. The normalized spacial score (nSPS) is 16.3. The first-order valence-electron chi connectivity index (χ1n) is 7.10. The van der Waals surface area contributed by atoms with Crippen molar-refractivity contribution in [3.05, 3.63) is 40.1 Å². The summed E-state index contributed by atoms with van der Waals surface area (Å²) in [5.74, 6) is 0. The highest BCUT2D eigenvalue weighted by molar-refractivity contribution is 7.10. The van der Waals surface area contributed by atoms with E-state index in [-0.39, 0.29) is 0 Å². The molecule has 0 amide bonds. The number of hydrogen-bond acceptors (Lipinski definition) is 3. The highest BCUT2D eigenvalue weighted by atomic mass is 32.1. The highest BCUT2D eigenvalue weighted by Gasteiger charge is 2.15. The maximum Gasteiger partial charge on any atom is 0.0946 e. The number of fused-ring (bicyclic) bond motifs is 1. The Hall–Kier alpha value is -1.13. The van der Waals surface area contributed by atoms with Crippen LogP contribution in [0.25, 0.3) is 0 Å². The molecule has 2 aromatic heterocycles. The van der Waals surface area contributed by atoms with Gasteiger partial charge in [0.2, 0.25) is 0 Å². The second kappa shape index (κ2) is 5.88. The van der Waals surface area contributed by atoms with Gasteiger partial charge in [-0.1, -0.05) is 0 Å². The average molecular weight is 275 g/mol. The molecule has 3 rings (SSSR count). The predicted octanol–water partition coefficient (Wildman–Crippen LogP) is 3.00. The minimum absolute atomic E-state index is 0.466. The number of nitrogens with one attached hydrogen (secondary N) is 1. The Morgan fingerprint density at radius 1 is 1.42 bits per heavy atom. The molecule has 2 heterocycles. The van der Waals surface area contributed by atoms with Gasteiger partial charge in [-0.2, -0.15) is 0 Å². The van der Waals surface area contributed by atoms with Gasteiger partial charge in [-0.3, -0.25) is 0 Å². The van der Waals surface area contributed by atoms with Crippen molar-refractivity contribution in [3.63, 3.8) is 0 Å². The van der Waals surface area contributed by atoms with Crippen LogP contribution < -0.4 is 5.32 Å². The van der Waals surface area contributed by atoms with Crippen LogP contribution in [0.4, 0.5) is 0 Å².